The molecule has 0 nitrogen and oxygen atoms in total. The fourth-order valence-electron chi connectivity index (χ4n) is 2.25. The lowest BCUT2D eigenvalue weighted by molar-refractivity contribution is 0.633. The van der Waals surface area contributed by atoms with Crippen molar-refractivity contribution in [3.05, 3.63) is 0 Å². The summed E-state index contributed by atoms with van der Waals surface area (Å²) in [6, 6.07) is 0. The highest BCUT2D eigenvalue weighted by Gasteiger charge is 2.12. The second-order valence-electron chi connectivity index (χ2n) is 5.20. The minimum Gasteiger partial charge on any atom is -0.190 e. The van der Waals surface area contributed by atoms with E-state index in [0.717, 1.165) is 0 Å². The van der Waals surface area contributed by atoms with Gasteiger partial charge < -0.3 is 0 Å². The highest BCUT2D eigenvalue weighted by molar-refractivity contribution is 6.77. The fourth-order valence-corrected chi connectivity index (χ4v) is 2.25. The molecular weight excluding hydrogens is 131 g/mol. The topological polar surface area (TPSA) is 0 Å². The van der Waals surface area contributed by atoms with Crippen molar-refractivity contribution in [2.24, 2.45) is 0 Å². The minimum absolute atomic E-state index is 0.0364. The predicted octanol–water partition coefficient (Wildman–Crippen LogP) is 4.05. The molecule has 1 heterocycles. The first kappa shape index (κ1) is 9.16. The molecule has 0 spiro atoms. The fraction of sp³-hybridized carbons (Fsp3) is 1.00. The molecule has 66 valence electrons. The lowest BCUT2D eigenvalue weighted by Gasteiger charge is -2.28. The van der Waals surface area contributed by atoms with E-state index in [0.29, 0.717) is 0 Å². The molecule has 1 aliphatic rings. The van der Waals surface area contributed by atoms with Crippen LogP contribution in [0.4, 0.5) is 0 Å². The van der Waals surface area contributed by atoms with Crippen molar-refractivity contribution in [3.63, 3.8) is 0 Å². The molecule has 1 aliphatic heterocycles. The highest BCUT2D eigenvalue weighted by atomic mass is 14.0. The third-order valence-electron chi connectivity index (χ3n) is 3.22. The normalized spacial score (nSPS) is 26.7. The molecule has 0 saturated carbocycles. The average molecular weight is 153 g/mol. The summed E-state index contributed by atoms with van der Waals surface area (Å²) < 4.78 is 0. The van der Waals surface area contributed by atoms with Crippen molar-refractivity contribution in [1.82, 2.24) is 0 Å². The SMILES string of the molecule is C[B-]1(C)CCCCCCCC1. The van der Waals surface area contributed by atoms with Crippen LogP contribution in [-0.4, -0.2) is 6.15 Å². The van der Waals surface area contributed by atoms with Gasteiger partial charge in [-0.1, -0.05) is 38.5 Å². The molecule has 0 aromatic heterocycles. The van der Waals surface area contributed by atoms with Crippen LogP contribution < -0.4 is 0 Å². The van der Waals surface area contributed by atoms with Gasteiger partial charge in [0.15, 0.2) is 0 Å². The maximum atomic E-state index is 2.49. The third-order valence-corrected chi connectivity index (χ3v) is 3.22. The van der Waals surface area contributed by atoms with E-state index < -0.39 is 0 Å². The minimum atomic E-state index is 0.0364. The molecule has 0 aliphatic carbocycles. The van der Waals surface area contributed by atoms with Gasteiger partial charge in [-0.3, -0.25) is 0 Å². The lowest BCUT2D eigenvalue weighted by atomic mass is 9.24. The second kappa shape index (κ2) is 4.18. The van der Waals surface area contributed by atoms with Crippen molar-refractivity contribution >= 4 is 6.15 Å². The Morgan fingerprint density at radius 1 is 0.636 bits per heavy atom. The quantitative estimate of drug-likeness (QED) is 0.460. The Bertz CT molecular complexity index is 95.4. The van der Waals surface area contributed by atoms with Gasteiger partial charge in [-0.25, -0.2) is 0 Å². The first-order valence-electron chi connectivity index (χ1n) is 5.47. The molecule has 0 radical (unpaired) electrons. The van der Waals surface area contributed by atoms with Crippen LogP contribution in [0.3, 0.4) is 0 Å². The Labute approximate surface area is 71.7 Å². The Morgan fingerprint density at radius 2 is 1.00 bits per heavy atom. The van der Waals surface area contributed by atoms with Crippen molar-refractivity contribution in [3.8, 4) is 0 Å². The Hall–Kier alpha value is 0.0649. The van der Waals surface area contributed by atoms with Crippen molar-refractivity contribution in [2.75, 3.05) is 0 Å². The third kappa shape index (κ3) is 3.84. The van der Waals surface area contributed by atoms with Gasteiger partial charge in [0, 0.05) is 0 Å². The van der Waals surface area contributed by atoms with Crippen LogP contribution in [0.5, 0.6) is 0 Å². The zero-order chi connectivity index (χ0) is 8.16. The summed E-state index contributed by atoms with van der Waals surface area (Å²) >= 11 is 0. The van der Waals surface area contributed by atoms with E-state index in [2.05, 4.69) is 13.6 Å². The van der Waals surface area contributed by atoms with Crippen LogP contribution in [0.25, 0.3) is 0 Å². The van der Waals surface area contributed by atoms with Gasteiger partial charge in [0.25, 0.3) is 0 Å². The van der Waals surface area contributed by atoms with Crippen LogP contribution in [-0.2, 0) is 0 Å². The largest absolute Gasteiger partial charge is 0.190 e. The molecule has 1 heteroatoms. The van der Waals surface area contributed by atoms with Crippen molar-refractivity contribution in [1.29, 1.82) is 0 Å². The maximum Gasteiger partial charge on any atom is -0.00542 e. The molecule has 1 fully saturated rings. The van der Waals surface area contributed by atoms with E-state index in [9.17, 15) is 0 Å². The maximum absolute atomic E-state index is 2.49. The number of rotatable bonds is 0. The summed E-state index contributed by atoms with van der Waals surface area (Å²) in [4.78, 5) is 0. The first-order valence-corrected chi connectivity index (χ1v) is 5.47. The van der Waals surface area contributed by atoms with E-state index in [1.54, 1.807) is 0 Å². The highest BCUT2D eigenvalue weighted by Crippen LogP contribution is 2.25. The van der Waals surface area contributed by atoms with Gasteiger partial charge >= 0.3 is 0 Å². The summed E-state index contributed by atoms with van der Waals surface area (Å²) in [7, 11) is 0. The van der Waals surface area contributed by atoms with Crippen LogP contribution in [0, 0.1) is 0 Å². The van der Waals surface area contributed by atoms with E-state index in [1.165, 1.54) is 51.2 Å². The predicted molar refractivity (Wildman–Crippen MR) is 54.8 cm³/mol. The summed E-state index contributed by atoms with van der Waals surface area (Å²) in [5.41, 5.74) is 0. The number of hydrogen-bond acceptors (Lipinski definition) is 0. The molecule has 0 amide bonds. The summed E-state index contributed by atoms with van der Waals surface area (Å²) in [6.07, 6.45) is 12.0. The summed E-state index contributed by atoms with van der Waals surface area (Å²) in [6.45, 7) is 4.98. The standard InChI is InChI=1S/C10H22B/c1-11(2)9-7-5-3-4-6-8-10-11/h3-10H2,1-2H3/q-1. The lowest BCUT2D eigenvalue weighted by Crippen LogP contribution is -2.23. The van der Waals surface area contributed by atoms with Crippen LogP contribution >= 0.6 is 0 Å². The van der Waals surface area contributed by atoms with E-state index in [4.69, 9.17) is 0 Å². The monoisotopic (exact) mass is 153 g/mol. The van der Waals surface area contributed by atoms with Crippen molar-refractivity contribution in [2.45, 2.75) is 64.8 Å². The van der Waals surface area contributed by atoms with Gasteiger partial charge in [0.1, 0.15) is 0 Å². The molecule has 1 rings (SSSR count). The van der Waals surface area contributed by atoms with E-state index in [-0.39, 0.29) is 6.15 Å². The van der Waals surface area contributed by atoms with Gasteiger partial charge in [-0.05, 0) is 6.15 Å². The van der Waals surface area contributed by atoms with Gasteiger partial charge in [0.2, 0.25) is 0 Å². The Kier molecular flexibility index (Phi) is 3.48. The molecule has 0 bridgehead atoms. The van der Waals surface area contributed by atoms with Gasteiger partial charge in [-0.2, -0.15) is 26.3 Å². The summed E-state index contributed by atoms with van der Waals surface area (Å²) in [5, 5.41) is 0. The molecule has 0 N–H and O–H groups in total. The molecular formula is C10H22B-. The Morgan fingerprint density at radius 3 is 1.45 bits per heavy atom. The smallest absolute Gasteiger partial charge is 0.00542 e. The van der Waals surface area contributed by atoms with Gasteiger partial charge in [-0.15, -0.1) is 0 Å². The van der Waals surface area contributed by atoms with E-state index >= 15 is 0 Å². The molecule has 11 heavy (non-hydrogen) atoms. The molecule has 1 saturated heterocycles. The van der Waals surface area contributed by atoms with Gasteiger partial charge in [0.05, 0.1) is 0 Å². The van der Waals surface area contributed by atoms with E-state index in [1.807, 2.05) is 0 Å². The first-order chi connectivity index (χ1) is 5.21. The number of hydrogen-bond donors (Lipinski definition) is 0. The van der Waals surface area contributed by atoms with Crippen LogP contribution in [0.2, 0.25) is 26.3 Å². The Balaban J connectivity index is 2.31. The zero-order valence-corrected chi connectivity index (χ0v) is 8.23. The molecule has 0 unspecified atom stereocenters. The average Bonchev–Trinajstić information content (AvgIpc) is 2.00. The summed E-state index contributed by atoms with van der Waals surface area (Å²) in [5.74, 6) is 0. The second-order valence-corrected chi connectivity index (χ2v) is 5.20. The van der Waals surface area contributed by atoms with Crippen molar-refractivity contribution < 1.29 is 0 Å². The van der Waals surface area contributed by atoms with Crippen LogP contribution in [0.15, 0.2) is 0 Å². The van der Waals surface area contributed by atoms with Crippen LogP contribution in [0.1, 0.15) is 38.5 Å². The molecule has 0 aromatic rings. The molecule has 0 atom stereocenters. The molecule has 0 aromatic carbocycles. The zero-order valence-electron chi connectivity index (χ0n) is 8.23.